The van der Waals surface area contributed by atoms with Crippen LogP contribution in [0.1, 0.15) is 11.6 Å². The van der Waals surface area contributed by atoms with Gasteiger partial charge in [0.25, 0.3) is 5.91 Å². The number of hydrogen-bond acceptors (Lipinski definition) is 5. The molecule has 3 rings (SSSR count). The molecule has 1 heterocycles. The lowest BCUT2D eigenvalue weighted by Crippen LogP contribution is -2.52. The lowest BCUT2D eigenvalue weighted by molar-refractivity contribution is -0.148. The fourth-order valence-electron chi connectivity index (χ4n) is 3.24. The van der Waals surface area contributed by atoms with E-state index in [1.807, 2.05) is 47.4 Å². The largest absolute Gasteiger partial charge is 0.484 e. The molecule has 1 fully saturated rings. The second-order valence-corrected chi connectivity index (χ2v) is 6.93. The van der Waals surface area contributed by atoms with Crippen molar-refractivity contribution in [1.29, 1.82) is 0 Å². The maximum atomic E-state index is 12.4. The fourth-order valence-corrected chi connectivity index (χ4v) is 3.36. The first-order valence-corrected chi connectivity index (χ1v) is 9.49. The Bertz CT molecular complexity index is 790. The number of carbonyl (C=O) groups is 2. The number of methoxy groups -OCH3 is 1. The molecule has 1 saturated heterocycles. The highest BCUT2D eigenvalue weighted by Crippen LogP contribution is 2.25. The first-order valence-electron chi connectivity index (χ1n) is 9.11. The van der Waals surface area contributed by atoms with Crippen LogP contribution >= 0.6 is 11.6 Å². The van der Waals surface area contributed by atoms with E-state index in [9.17, 15) is 9.59 Å². The molecule has 2 aromatic carbocycles. The van der Waals surface area contributed by atoms with Gasteiger partial charge < -0.3 is 14.4 Å². The van der Waals surface area contributed by atoms with Crippen molar-refractivity contribution >= 4 is 23.5 Å². The minimum absolute atomic E-state index is 0.00161. The van der Waals surface area contributed by atoms with E-state index in [0.29, 0.717) is 37.0 Å². The quantitative estimate of drug-likeness (QED) is 0.695. The van der Waals surface area contributed by atoms with Crippen LogP contribution in [0, 0.1) is 0 Å². The number of hydrogen-bond donors (Lipinski definition) is 0. The molecule has 0 bridgehead atoms. The molecule has 28 heavy (non-hydrogen) atoms. The van der Waals surface area contributed by atoms with Gasteiger partial charge in [-0.05, 0) is 29.8 Å². The predicted octanol–water partition coefficient (Wildman–Crippen LogP) is 2.78. The highest BCUT2D eigenvalue weighted by Gasteiger charge is 2.32. The van der Waals surface area contributed by atoms with Crippen molar-refractivity contribution in [2.75, 3.05) is 39.9 Å². The molecule has 1 amide bonds. The summed E-state index contributed by atoms with van der Waals surface area (Å²) in [6, 6.07) is 15.9. The molecule has 0 saturated carbocycles. The van der Waals surface area contributed by atoms with Crippen molar-refractivity contribution in [1.82, 2.24) is 9.80 Å². The molecule has 148 valence electrons. The molecule has 0 aliphatic carbocycles. The van der Waals surface area contributed by atoms with E-state index in [2.05, 4.69) is 0 Å². The van der Waals surface area contributed by atoms with Gasteiger partial charge in [0.1, 0.15) is 11.8 Å². The van der Waals surface area contributed by atoms with Gasteiger partial charge in [-0.1, -0.05) is 41.9 Å². The number of piperazine rings is 1. The minimum atomic E-state index is -0.514. The molecule has 1 atom stereocenters. The number of amides is 1. The first kappa shape index (κ1) is 20.2. The highest BCUT2D eigenvalue weighted by molar-refractivity contribution is 6.30. The number of nitrogens with zero attached hydrogens (tertiary/aromatic N) is 2. The molecular weight excluding hydrogens is 380 g/mol. The molecule has 0 spiro atoms. The average Bonchev–Trinajstić information content (AvgIpc) is 2.74. The van der Waals surface area contributed by atoms with E-state index < -0.39 is 6.04 Å². The monoisotopic (exact) mass is 402 g/mol. The standard InChI is InChI=1S/C21H23ClN2O4/c1-27-21(26)20(16-7-9-17(22)10-8-16)24-13-11-23(12-14-24)19(25)15-28-18-5-3-2-4-6-18/h2-10,20H,11-15H2,1H3. The smallest absolute Gasteiger partial charge is 0.327 e. The van der Waals surface area contributed by atoms with Crippen molar-refractivity contribution in [3.05, 3.63) is 65.2 Å². The first-order chi connectivity index (χ1) is 13.6. The topological polar surface area (TPSA) is 59.1 Å². The van der Waals surface area contributed by atoms with Crippen LogP contribution in [0.5, 0.6) is 5.75 Å². The Balaban J connectivity index is 1.58. The Morgan fingerprint density at radius 2 is 1.64 bits per heavy atom. The second kappa shape index (κ2) is 9.57. The number of ether oxygens (including phenoxy) is 2. The van der Waals surface area contributed by atoms with Crippen LogP contribution < -0.4 is 4.74 Å². The molecule has 0 N–H and O–H groups in total. The van der Waals surface area contributed by atoms with Crippen LogP contribution in [-0.2, 0) is 14.3 Å². The lowest BCUT2D eigenvalue weighted by atomic mass is 10.0. The van der Waals surface area contributed by atoms with Gasteiger partial charge in [-0.25, -0.2) is 4.79 Å². The van der Waals surface area contributed by atoms with Gasteiger partial charge in [0.05, 0.1) is 7.11 Å². The van der Waals surface area contributed by atoms with Gasteiger partial charge in [-0.3, -0.25) is 9.69 Å². The number of para-hydroxylation sites is 1. The van der Waals surface area contributed by atoms with Crippen LogP contribution in [0.4, 0.5) is 0 Å². The number of carbonyl (C=O) groups excluding carboxylic acids is 2. The van der Waals surface area contributed by atoms with E-state index in [1.54, 1.807) is 17.0 Å². The number of rotatable bonds is 6. The summed E-state index contributed by atoms with van der Waals surface area (Å²) in [5, 5.41) is 0.612. The van der Waals surface area contributed by atoms with Crippen molar-refractivity contribution < 1.29 is 19.1 Å². The maximum Gasteiger partial charge on any atom is 0.327 e. The van der Waals surface area contributed by atoms with E-state index in [-0.39, 0.29) is 18.5 Å². The summed E-state index contributed by atoms with van der Waals surface area (Å²) < 4.78 is 10.5. The SMILES string of the molecule is COC(=O)C(c1ccc(Cl)cc1)N1CCN(C(=O)COc2ccccc2)CC1. The second-order valence-electron chi connectivity index (χ2n) is 6.50. The van der Waals surface area contributed by atoms with Crippen LogP contribution in [-0.4, -0.2) is 61.6 Å². The van der Waals surface area contributed by atoms with Gasteiger partial charge in [-0.15, -0.1) is 0 Å². The Morgan fingerprint density at radius 3 is 2.25 bits per heavy atom. The molecule has 7 heteroatoms. The van der Waals surface area contributed by atoms with Crippen molar-refractivity contribution in [3.8, 4) is 5.75 Å². The zero-order valence-electron chi connectivity index (χ0n) is 15.7. The van der Waals surface area contributed by atoms with E-state index >= 15 is 0 Å². The number of halogens is 1. The van der Waals surface area contributed by atoms with Crippen LogP contribution in [0.3, 0.4) is 0 Å². The maximum absolute atomic E-state index is 12.4. The number of benzene rings is 2. The van der Waals surface area contributed by atoms with Crippen molar-refractivity contribution in [2.24, 2.45) is 0 Å². The van der Waals surface area contributed by atoms with Crippen LogP contribution in [0.15, 0.2) is 54.6 Å². The molecular formula is C21H23ClN2O4. The zero-order chi connectivity index (χ0) is 19.9. The molecule has 0 aromatic heterocycles. The van der Waals surface area contributed by atoms with Gasteiger partial charge >= 0.3 is 5.97 Å². The molecule has 6 nitrogen and oxygen atoms in total. The van der Waals surface area contributed by atoms with Gasteiger partial charge in [0.2, 0.25) is 0 Å². The molecule has 1 unspecified atom stereocenters. The predicted molar refractivity (Wildman–Crippen MR) is 106 cm³/mol. The third-order valence-electron chi connectivity index (χ3n) is 4.75. The van der Waals surface area contributed by atoms with Crippen LogP contribution in [0.2, 0.25) is 5.02 Å². The Labute approximate surface area is 169 Å². The minimum Gasteiger partial charge on any atom is -0.484 e. The normalized spacial score (nSPS) is 15.7. The summed E-state index contributed by atoms with van der Waals surface area (Å²) in [6.45, 7) is 2.19. The third-order valence-corrected chi connectivity index (χ3v) is 5.00. The van der Waals surface area contributed by atoms with Crippen LogP contribution in [0.25, 0.3) is 0 Å². The fraction of sp³-hybridized carbons (Fsp3) is 0.333. The van der Waals surface area contributed by atoms with Gasteiger partial charge in [-0.2, -0.15) is 0 Å². The summed E-state index contributed by atoms with van der Waals surface area (Å²) in [6.07, 6.45) is 0. The summed E-state index contributed by atoms with van der Waals surface area (Å²) in [7, 11) is 1.38. The zero-order valence-corrected chi connectivity index (χ0v) is 16.5. The van der Waals surface area contributed by atoms with Gasteiger partial charge in [0.15, 0.2) is 6.61 Å². The third kappa shape index (κ3) is 5.03. The highest BCUT2D eigenvalue weighted by atomic mass is 35.5. The average molecular weight is 403 g/mol. The molecule has 0 radical (unpaired) electrons. The lowest BCUT2D eigenvalue weighted by Gasteiger charge is -2.38. The van der Waals surface area contributed by atoms with Crippen molar-refractivity contribution in [2.45, 2.75) is 6.04 Å². The van der Waals surface area contributed by atoms with Gasteiger partial charge in [0, 0.05) is 31.2 Å². The van der Waals surface area contributed by atoms with E-state index in [4.69, 9.17) is 21.1 Å². The Morgan fingerprint density at radius 1 is 1.00 bits per heavy atom. The van der Waals surface area contributed by atoms with Crippen molar-refractivity contribution in [3.63, 3.8) is 0 Å². The van der Waals surface area contributed by atoms with E-state index in [0.717, 1.165) is 5.56 Å². The van der Waals surface area contributed by atoms with E-state index in [1.165, 1.54) is 7.11 Å². The summed E-state index contributed by atoms with van der Waals surface area (Å²) in [5.74, 6) is 0.280. The summed E-state index contributed by atoms with van der Waals surface area (Å²) in [4.78, 5) is 28.6. The Kier molecular flexibility index (Phi) is 6.90. The molecule has 2 aromatic rings. The Hall–Kier alpha value is -2.57. The molecule has 1 aliphatic rings. The summed E-state index contributed by atoms with van der Waals surface area (Å²) in [5.41, 5.74) is 0.823. The molecule has 1 aliphatic heterocycles. The number of esters is 1. The summed E-state index contributed by atoms with van der Waals surface area (Å²) >= 11 is 5.96.